The molecule has 0 saturated carbocycles. The maximum Gasteiger partial charge on any atom is 0.407 e. The van der Waals surface area contributed by atoms with Crippen LogP contribution in [0.1, 0.15) is 64.7 Å². The molecule has 3 amide bonds. The smallest absolute Gasteiger partial charge is 0.407 e. The topological polar surface area (TPSA) is 91.0 Å². The molecule has 1 aromatic carbocycles. The van der Waals surface area contributed by atoms with E-state index < -0.39 is 11.7 Å². The molecule has 2 N–H and O–H groups in total. The van der Waals surface area contributed by atoms with Crippen molar-refractivity contribution in [1.82, 2.24) is 15.5 Å². The van der Waals surface area contributed by atoms with E-state index in [9.17, 15) is 14.4 Å². The van der Waals surface area contributed by atoms with Crippen LogP contribution in [-0.4, -0.2) is 67.2 Å². The molecule has 0 aliphatic carbocycles. The zero-order chi connectivity index (χ0) is 24.6. The third-order valence-electron chi connectivity index (χ3n) is 5.58. The molecule has 1 aliphatic rings. The van der Waals surface area contributed by atoms with Gasteiger partial charge in [-0.1, -0.05) is 0 Å². The van der Waals surface area contributed by atoms with Gasteiger partial charge in [-0.25, -0.2) is 4.79 Å². The van der Waals surface area contributed by atoms with Crippen LogP contribution in [0.15, 0.2) is 24.3 Å². The number of alkyl carbamates (subject to hydrolysis) is 1. The standard InChI is InChI=1S/C25H40N4O4/c1-7-29(18(2)3)21-12-10-19(11-13-21)23(31)28-16-8-9-20(17-28)22(30)26-14-15-27-24(32)33-25(4,5)6/h10-13,18,20H,7-9,14-17H2,1-6H3,(H,26,30)(H,27,32). The first-order valence-corrected chi connectivity index (χ1v) is 11.9. The van der Waals surface area contributed by atoms with Crippen LogP contribution < -0.4 is 15.5 Å². The molecule has 8 heteroatoms. The summed E-state index contributed by atoms with van der Waals surface area (Å²) < 4.78 is 5.17. The molecule has 0 spiro atoms. The Bertz CT molecular complexity index is 802. The lowest BCUT2D eigenvalue weighted by molar-refractivity contribution is -0.126. The van der Waals surface area contributed by atoms with Crippen molar-refractivity contribution in [2.24, 2.45) is 5.92 Å². The van der Waals surface area contributed by atoms with Gasteiger partial charge in [-0.3, -0.25) is 9.59 Å². The highest BCUT2D eigenvalue weighted by Crippen LogP contribution is 2.22. The SMILES string of the molecule is CCN(c1ccc(C(=O)N2CCCC(C(=O)NCCNC(=O)OC(C)(C)C)C2)cc1)C(C)C. The van der Waals surface area contributed by atoms with E-state index in [-0.39, 0.29) is 24.3 Å². The van der Waals surface area contributed by atoms with Crippen molar-refractivity contribution >= 4 is 23.6 Å². The number of anilines is 1. The molecule has 8 nitrogen and oxygen atoms in total. The highest BCUT2D eigenvalue weighted by Gasteiger charge is 2.29. The highest BCUT2D eigenvalue weighted by atomic mass is 16.6. The van der Waals surface area contributed by atoms with Crippen molar-refractivity contribution < 1.29 is 19.1 Å². The predicted octanol–water partition coefficient (Wildman–Crippen LogP) is 3.41. The van der Waals surface area contributed by atoms with Crippen molar-refractivity contribution in [2.75, 3.05) is 37.6 Å². The Hall–Kier alpha value is -2.77. The van der Waals surface area contributed by atoms with Gasteiger partial charge in [0.1, 0.15) is 5.60 Å². The van der Waals surface area contributed by atoms with Gasteiger partial charge in [0.05, 0.1) is 5.92 Å². The molecule has 0 aromatic heterocycles. The summed E-state index contributed by atoms with van der Waals surface area (Å²) in [5.41, 5.74) is 1.18. The van der Waals surface area contributed by atoms with Crippen LogP contribution in [0.2, 0.25) is 0 Å². The second-order valence-corrected chi connectivity index (χ2v) is 9.74. The summed E-state index contributed by atoms with van der Waals surface area (Å²) >= 11 is 0. The van der Waals surface area contributed by atoms with Gasteiger partial charge in [0.15, 0.2) is 0 Å². The summed E-state index contributed by atoms with van der Waals surface area (Å²) in [6.45, 7) is 14.4. The molecular weight excluding hydrogens is 420 g/mol. The Morgan fingerprint density at radius 1 is 1.12 bits per heavy atom. The lowest BCUT2D eigenvalue weighted by atomic mass is 9.96. The molecule has 1 aromatic rings. The van der Waals surface area contributed by atoms with Crippen molar-refractivity contribution in [3.05, 3.63) is 29.8 Å². The molecule has 1 atom stereocenters. The fraction of sp³-hybridized carbons (Fsp3) is 0.640. The number of piperidine rings is 1. The van der Waals surface area contributed by atoms with Gasteiger partial charge < -0.3 is 25.2 Å². The zero-order valence-electron chi connectivity index (χ0n) is 20.9. The van der Waals surface area contributed by atoms with E-state index in [1.54, 1.807) is 25.7 Å². The fourth-order valence-electron chi connectivity index (χ4n) is 4.01. The number of ether oxygens (including phenoxy) is 1. The van der Waals surface area contributed by atoms with Crippen LogP contribution >= 0.6 is 0 Å². The third-order valence-corrected chi connectivity index (χ3v) is 5.58. The molecule has 2 rings (SSSR count). The number of hydrogen-bond donors (Lipinski definition) is 2. The van der Waals surface area contributed by atoms with Gasteiger partial charge in [-0.2, -0.15) is 0 Å². The molecule has 1 saturated heterocycles. The van der Waals surface area contributed by atoms with Crippen LogP contribution in [-0.2, 0) is 9.53 Å². The summed E-state index contributed by atoms with van der Waals surface area (Å²) in [7, 11) is 0. The minimum atomic E-state index is -0.560. The first kappa shape index (κ1) is 26.5. The van der Waals surface area contributed by atoms with Gasteiger partial charge >= 0.3 is 6.09 Å². The van der Waals surface area contributed by atoms with Crippen LogP contribution in [0.4, 0.5) is 10.5 Å². The van der Waals surface area contributed by atoms with Crippen molar-refractivity contribution in [2.45, 2.75) is 66.0 Å². The van der Waals surface area contributed by atoms with Crippen LogP contribution in [0.3, 0.4) is 0 Å². The molecule has 1 fully saturated rings. The normalized spacial score (nSPS) is 16.3. The fourth-order valence-corrected chi connectivity index (χ4v) is 4.01. The molecule has 1 heterocycles. The molecule has 184 valence electrons. The van der Waals surface area contributed by atoms with E-state index in [0.717, 1.165) is 25.1 Å². The molecule has 1 unspecified atom stereocenters. The Labute approximate surface area is 198 Å². The summed E-state index contributed by atoms with van der Waals surface area (Å²) in [4.78, 5) is 41.3. The van der Waals surface area contributed by atoms with Crippen LogP contribution in [0.5, 0.6) is 0 Å². The van der Waals surface area contributed by atoms with E-state index in [4.69, 9.17) is 4.74 Å². The number of carbonyl (C=O) groups excluding carboxylic acids is 3. The van der Waals surface area contributed by atoms with E-state index in [1.807, 2.05) is 24.3 Å². The third kappa shape index (κ3) is 8.26. The predicted molar refractivity (Wildman–Crippen MR) is 130 cm³/mol. The molecule has 1 aliphatic heterocycles. The monoisotopic (exact) mass is 460 g/mol. The molecule has 0 radical (unpaired) electrons. The molecule has 33 heavy (non-hydrogen) atoms. The Morgan fingerprint density at radius 3 is 2.33 bits per heavy atom. The average Bonchev–Trinajstić information content (AvgIpc) is 2.75. The second-order valence-electron chi connectivity index (χ2n) is 9.74. The number of benzene rings is 1. The Morgan fingerprint density at radius 2 is 1.76 bits per heavy atom. The van der Waals surface area contributed by atoms with Gasteiger partial charge in [0.25, 0.3) is 5.91 Å². The first-order chi connectivity index (χ1) is 15.5. The zero-order valence-corrected chi connectivity index (χ0v) is 20.9. The average molecular weight is 461 g/mol. The number of carbonyl (C=O) groups is 3. The molecule has 0 bridgehead atoms. The number of rotatable bonds is 8. The Kier molecular flexibility index (Phi) is 9.56. The van der Waals surface area contributed by atoms with Crippen LogP contribution in [0.25, 0.3) is 0 Å². The number of likely N-dealkylation sites (tertiary alicyclic amines) is 1. The van der Waals surface area contributed by atoms with Crippen LogP contribution in [0, 0.1) is 5.92 Å². The summed E-state index contributed by atoms with van der Waals surface area (Å²) in [5, 5.41) is 5.48. The van der Waals surface area contributed by atoms with E-state index >= 15 is 0 Å². The lowest BCUT2D eigenvalue weighted by Gasteiger charge is -2.32. The maximum absolute atomic E-state index is 13.0. The van der Waals surface area contributed by atoms with E-state index in [1.165, 1.54) is 0 Å². The number of hydrogen-bond acceptors (Lipinski definition) is 5. The van der Waals surface area contributed by atoms with E-state index in [2.05, 4.69) is 36.3 Å². The Balaban J connectivity index is 1.84. The second kappa shape index (κ2) is 11.9. The molecular formula is C25H40N4O4. The largest absolute Gasteiger partial charge is 0.444 e. The lowest BCUT2D eigenvalue weighted by Crippen LogP contribution is -2.46. The number of nitrogens with one attached hydrogen (secondary N) is 2. The number of nitrogens with zero attached hydrogens (tertiary/aromatic N) is 2. The van der Waals surface area contributed by atoms with Crippen molar-refractivity contribution in [3.63, 3.8) is 0 Å². The van der Waals surface area contributed by atoms with Crippen molar-refractivity contribution in [3.8, 4) is 0 Å². The van der Waals surface area contributed by atoms with Gasteiger partial charge in [0.2, 0.25) is 5.91 Å². The minimum absolute atomic E-state index is 0.0433. The van der Waals surface area contributed by atoms with Gasteiger partial charge in [-0.15, -0.1) is 0 Å². The van der Waals surface area contributed by atoms with Gasteiger partial charge in [-0.05, 0) is 78.6 Å². The summed E-state index contributed by atoms with van der Waals surface area (Å²) in [6, 6.07) is 8.10. The minimum Gasteiger partial charge on any atom is -0.444 e. The quantitative estimate of drug-likeness (QED) is 0.580. The number of amides is 3. The summed E-state index contributed by atoms with van der Waals surface area (Å²) in [5.74, 6) is -0.386. The van der Waals surface area contributed by atoms with Crippen molar-refractivity contribution in [1.29, 1.82) is 0 Å². The van der Waals surface area contributed by atoms with Gasteiger partial charge in [0, 0.05) is 50.0 Å². The summed E-state index contributed by atoms with van der Waals surface area (Å²) in [6.07, 6.45) is 1.02. The first-order valence-electron chi connectivity index (χ1n) is 11.9. The highest BCUT2D eigenvalue weighted by molar-refractivity contribution is 5.95. The van der Waals surface area contributed by atoms with E-state index in [0.29, 0.717) is 31.2 Å². The maximum atomic E-state index is 13.0.